The van der Waals surface area contributed by atoms with E-state index >= 15 is 0 Å². The van der Waals surface area contributed by atoms with Crippen molar-refractivity contribution in [2.75, 3.05) is 0 Å². The highest BCUT2D eigenvalue weighted by atomic mass is 16.1. The highest BCUT2D eigenvalue weighted by Crippen LogP contribution is 2.19. The van der Waals surface area contributed by atoms with E-state index in [0.717, 1.165) is 6.42 Å². The molecule has 2 heteroatoms. The molecule has 0 saturated carbocycles. The van der Waals surface area contributed by atoms with E-state index in [9.17, 15) is 4.79 Å². The Bertz CT molecular complexity index is 163. The Labute approximate surface area is 81.9 Å². The molecule has 2 N–H and O–H groups in total. The number of ketones is 1. The Morgan fingerprint density at radius 2 is 2.08 bits per heavy atom. The molecule has 2 atom stereocenters. The van der Waals surface area contributed by atoms with Gasteiger partial charge in [-0.05, 0) is 26.2 Å². The molecule has 0 amide bonds. The summed E-state index contributed by atoms with van der Waals surface area (Å²) in [5, 5.41) is 0. The summed E-state index contributed by atoms with van der Waals surface area (Å²) >= 11 is 0. The Balaban J connectivity index is 3.89. The van der Waals surface area contributed by atoms with Crippen LogP contribution in [-0.4, -0.2) is 11.3 Å². The molecule has 78 valence electrons. The molecule has 0 spiro atoms. The van der Waals surface area contributed by atoms with Crippen molar-refractivity contribution >= 4 is 5.78 Å². The summed E-state index contributed by atoms with van der Waals surface area (Å²) in [7, 11) is 0. The molecule has 0 aliphatic heterocycles. The number of carbonyl (C=O) groups excluding carboxylic acids is 1. The van der Waals surface area contributed by atoms with Gasteiger partial charge in [-0.2, -0.15) is 0 Å². The minimum Gasteiger partial charge on any atom is -0.319 e. The Hall–Kier alpha value is -0.370. The fraction of sp³-hybridized carbons (Fsp3) is 0.909. The van der Waals surface area contributed by atoms with E-state index in [0.29, 0.717) is 5.92 Å². The largest absolute Gasteiger partial charge is 0.319 e. The maximum atomic E-state index is 11.1. The van der Waals surface area contributed by atoms with Crippen molar-refractivity contribution in [2.24, 2.45) is 11.7 Å². The van der Waals surface area contributed by atoms with Crippen LogP contribution in [0.5, 0.6) is 0 Å². The number of Topliss-reactive ketones (excluding diaryl/α,β-unsaturated/α-hetero) is 1. The van der Waals surface area contributed by atoms with Crippen LogP contribution >= 0.6 is 0 Å². The van der Waals surface area contributed by atoms with Gasteiger partial charge in [0.15, 0.2) is 0 Å². The lowest BCUT2D eigenvalue weighted by molar-refractivity contribution is -0.122. The molecule has 0 aromatic carbocycles. The van der Waals surface area contributed by atoms with Gasteiger partial charge in [0.05, 0.1) is 5.54 Å². The maximum absolute atomic E-state index is 11.1. The number of carbonyl (C=O) groups is 1. The molecule has 0 fully saturated rings. The minimum atomic E-state index is -0.618. The molecule has 0 radical (unpaired) electrons. The van der Waals surface area contributed by atoms with Crippen molar-refractivity contribution in [3.8, 4) is 0 Å². The van der Waals surface area contributed by atoms with Crippen LogP contribution in [0.4, 0.5) is 0 Å². The molecule has 0 saturated heterocycles. The van der Waals surface area contributed by atoms with Gasteiger partial charge in [-0.25, -0.2) is 0 Å². The zero-order valence-corrected chi connectivity index (χ0v) is 9.39. The molecule has 0 bridgehead atoms. The first-order valence-corrected chi connectivity index (χ1v) is 5.20. The molecular weight excluding hydrogens is 162 g/mol. The van der Waals surface area contributed by atoms with Crippen LogP contribution in [0.3, 0.4) is 0 Å². The first-order valence-electron chi connectivity index (χ1n) is 5.20. The van der Waals surface area contributed by atoms with Crippen LogP contribution < -0.4 is 5.73 Å². The lowest BCUT2D eigenvalue weighted by atomic mass is 9.85. The second-order valence-corrected chi connectivity index (χ2v) is 4.43. The van der Waals surface area contributed by atoms with Gasteiger partial charge in [-0.3, -0.25) is 4.79 Å². The summed E-state index contributed by atoms with van der Waals surface area (Å²) in [6, 6.07) is 0. The third kappa shape index (κ3) is 5.04. The minimum absolute atomic E-state index is 0.0934. The highest BCUT2D eigenvalue weighted by molar-refractivity contribution is 5.85. The fourth-order valence-corrected chi connectivity index (χ4v) is 1.52. The molecule has 13 heavy (non-hydrogen) atoms. The summed E-state index contributed by atoms with van der Waals surface area (Å²) in [5.74, 6) is 0.648. The van der Waals surface area contributed by atoms with E-state index in [-0.39, 0.29) is 5.78 Å². The molecule has 2 nitrogen and oxygen atoms in total. The molecule has 0 aromatic rings. The summed E-state index contributed by atoms with van der Waals surface area (Å²) in [5.41, 5.74) is 5.26. The van der Waals surface area contributed by atoms with Gasteiger partial charge in [0.2, 0.25) is 0 Å². The van der Waals surface area contributed by atoms with E-state index in [1.807, 2.05) is 6.92 Å². The van der Waals surface area contributed by atoms with Crippen molar-refractivity contribution in [2.45, 2.75) is 58.9 Å². The smallest absolute Gasteiger partial charge is 0.149 e. The number of hydrogen-bond acceptors (Lipinski definition) is 2. The number of hydrogen-bond donors (Lipinski definition) is 1. The van der Waals surface area contributed by atoms with E-state index in [1.54, 1.807) is 6.92 Å². The normalized spacial score (nSPS) is 17.9. The predicted octanol–water partition coefficient (Wildman–Crippen LogP) is 2.51. The van der Waals surface area contributed by atoms with Gasteiger partial charge in [-0.1, -0.05) is 33.1 Å². The SMILES string of the molecule is CCCCC(C)C[C@](C)(N)C(C)=O. The summed E-state index contributed by atoms with van der Waals surface area (Å²) in [4.78, 5) is 11.1. The Morgan fingerprint density at radius 1 is 1.54 bits per heavy atom. The number of unbranched alkanes of at least 4 members (excludes halogenated alkanes) is 1. The molecule has 0 aliphatic carbocycles. The van der Waals surface area contributed by atoms with Crippen molar-refractivity contribution in [1.82, 2.24) is 0 Å². The summed E-state index contributed by atoms with van der Waals surface area (Å²) in [6.07, 6.45) is 4.43. The lowest BCUT2D eigenvalue weighted by Gasteiger charge is -2.25. The summed E-state index contributed by atoms with van der Waals surface area (Å²) < 4.78 is 0. The van der Waals surface area contributed by atoms with E-state index in [4.69, 9.17) is 5.73 Å². The lowest BCUT2D eigenvalue weighted by Crippen LogP contribution is -2.44. The van der Waals surface area contributed by atoms with E-state index < -0.39 is 5.54 Å². The predicted molar refractivity (Wildman–Crippen MR) is 56.6 cm³/mol. The number of nitrogens with two attached hydrogens (primary N) is 1. The van der Waals surface area contributed by atoms with Crippen LogP contribution in [0, 0.1) is 5.92 Å². The highest BCUT2D eigenvalue weighted by Gasteiger charge is 2.26. The zero-order chi connectivity index (χ0) is 10.5. The fourth-order valence-electron chi connectivity index (χ4n) is 1.52. The van der Waals surface area contributed by atoms with Gasteiger partial charge >= 0.3 is 0 Å². The Kier molecular flexibility index (Phi) is 5.23. The zero-order valence-electron chi connectivity index (χ0n) is 9.39. The molecule has 0 heterocycles. The average Bonchev–Trinajstić information content (AvgIpc) is 1.99. The maximum Gasteiger partial charge on any atom is 0.149 e. The van der Waals surface area contributed by atoms with Crippen LogP contribution in [-0.2, 0) is 4.79 Å². The molecule has 0 aliphatic rings. The number of rotatable bonds is 6. The van der Waals surface area contributed by atoms with Crippen molar-refractivity contribution in [3.63, 3.8) is 0 Å². The van der Waals surface area contributed by atoms with E-state index in [2.05, 4.69) is 13.8 Å². The van der Waals surface area contributed by atoms with E-state index in [1.165, 1.54) is 19.3 Å². The molecule has 0 rings (SSSR count). The van der Waals surface area contributed by atoms with Crippen molar-refractivity contribution < 1.29 is 4.79 Å². The van der Waals surface area contributed by atoms with Crippen molar-refractivity contribution in [1.29, 1.82) is 0 Å². The molecular formula is C11H23NO. The van der Waals surface area contributed by atoms with Gasteiger partial charge in [0.25, 0.3) is 0 Å². The summed E-state index contributed by atoms with van der Waals surface area (Å²) in [6.45, 7) is 7.76. The van der Waals surface area contributed by atoms with Gasteiger partial charge in [-0.15, -0.1) is 0 Å². The second kappa shape index (κ2) is 5.38. The van der Waals surface area contributed by atoms with Gasteiger partial charge in [0.1, 0.15) is 5.78 Å². The quantitative estimate of drug-likeness (QED) is 0.691. The van der Waals surface area contributed by atoms with Gasteiger partial charge < -0.3 is 5.73 Å². The van der Waals surface area contributed by atoms with Crippen LogP contribution in [0.15, 0.2) is 0 Å². The monoisotopic (exact) mass is 185 g/mol. The molecule has 1 unspecified atom stereocenters. The molecule has 0 aromatic heterocycles. The average molecular weight is 185 g/mol. The third-order valence-corrected chi connectivity index (χ3v) is 2.63. The van der Waals surface area contributed by atoms with Crippen molar-refractivity contribution in [3.05, 3.63) is 0 Å². The first kappa shape index (κ1) is 12.6. The van der Waals surface area contributed by atoms with Crippen LogP contribution in [0.2, 0.25) is 0 Å². The third-order valence-electron chi connectivity index (χ3n) is 2.63. The Morgan fingerprint density at radius 3 is 2.46 bits per heavy atom. The standard InChI is InChI=1S/C11H23NO/c1-5-6-7-9(2)8-11(4,12)10(3)13/h9H,5-8,12H2,1-4H3/t9?,11-/m0/s1. The van der Waals surface area contributed by atoms with Crippen LogP contribution in [0.25, 0.3) is 0 Å². The van der Waals surface area contributed by atoms with Crippen LogP contribution in [0.1, 0.15) is 53.4 Å². The topological polar surface area (TPSA) is 43.1 Å². The first-order chi connectivity index (χ1) is 5.90. The second-order valence-electron chi connectivity index (χ2n) is 4.43. The van der Waals surface area contributed by atoms with Gasteiger partial charge in [0, 0.05) is 0 Å².